The van der Waals surface area contributed by atoms with E-state index >= 15 is 0 Å². The van der Waals surface area contributed by atoms with E-state index in [0.29, 0.717) is 37.4 Å². The molecule has 0 unspecified atom stereocenters. The molecule has 1 amide bonds. The number of carbonyl (C=O) groups is 1. The number of methoxy groups -OCH3 is 1. The van der Waals surface area contributed by atoms with Gasteiger partial charge in [-0.25, -0.2) is 4.98 Å². The van der Waals surface area contributed by atoms with Crippen LogP contribution in [0, 0.1) is 13.8 Å². The molecule has 0 aliphatic carbocycles. The van der Waals surface area contributed by atoms with Crippen molar-refractivity contribution >= 4 is 16.9 Å². The molecule has 0 aliphatic rings. The van der Waals surface area contributed by atoms with E-state index in [0.717, 1.165) is 28.2 Å². The van der Waals surface area contributed by atoms with E-state index in [2.05, 4.69) is 35.9 Å². The highest BCUT2D eigenvalue weighted by molar-refractivity contribution is 5.94. The van der Waals surface area contributed by atoms with Crippen LogP contribution in [0.5, 0.6) is 11.5 Å². The lowest BCUT2D eigenvalue weighted by Gasteiger charge is -2.13. The van der Waals surface area contributed by atoms with Crippen LogP contribution in [0.3, 0.4) is 0 Å². The Bertz CT molecular complexity index is 1260. The fourth-order valence-corrected chi connectivity index (χ4v) is 3.85. The number of hydrogen-bond donors (Lipinski definition) is 1. The Kier molecular flexibility index (Phi) is 6.93. The quantitative estimate of drug-likeness (QED) is 0.407. The van der Waals surface area contributed by atoms with Crippen LogP contribution in [0.2, 0.25) is 0 Å². The molecule has 1 aromatic heterocycles. The number of ether oxygens (including phenoxy) is 2. The maximum Gasteiger partial charge on any atom is 0.251 e. The van der Waals surface area contributed by atoms with Gasteiger partial charge < -0.3 is 19.4 Å². The molecule has 0 saturated carbocycles. The molecular weight excluding hydrogens is 414 g/mol. The summed E-state index contributed by atoms with van der Waals surface area (Å²) in [5.74, 6) is 2.36. The lowest BCUT2D eigenvalue weighted by Crippen LogP contribution is -2.26. The van der Waals surface area contributed by atoms with Gasteiger partial charge in [-0.2, -0.15) is 0 Å². The average Bonchev–Trinajstić information content (AvgIpc) is 3.19. The monoisotopic (exact) mass is 443 g/mol. The molecule has 0 bridgehead atoms. The van der Waals surface area contributed by atoms with Crippen LogP contribution in [0.25, 0.3) is 11.0 Å². The van der Waals surface area contributed by atoms with Crippen molar-refractivity contribution in [3.8, 4) is 11.5 Å². The predicted octanol–water partition coefficient (Wildman–Crippen LogP) is 4.71. The van der Waals surface area contributed by atoms with E-state index < -0.39 is 0 Å². The number of carbonyl (C=O) groups excluding carboxylic acids is 1. The molecule has 3 aromatic carbocycles. The van der Waals surface area contributed by atoms with Crippen LogP contribution < -0.4 is 14.8 Å². The Morgan fingerprint density at radius 2 is 1.85 bits per heavy atom. The zero-order valence-electron chi connectivity index (χ0n) is 19.3. The van der Waals surface area contributed by atoms with Gasteiger partial charge in [-0.3, -0.25) is 4.79 Å². The zero-order chi connectivity index (χ0) is 23.2. The van der Waals surface area contributed by atoms with E-state index in [4.69, 9.17) is 14.5 Å². The van der Waals surface area contributed by atoms with Gasteiger partial charge in [0.05, 0.1) is 24.7 Å². The minimum absolute atomic E-state index is 0.130. The van der Waals surface area contributed by atoms with Crippen LogP contribution >= 0.6 is 0 Å². The van der Waals surface area contributed by atoms with E-state index in [-0.39, 0.29) is 5.91 Å². The predicted molar refractivity (Wildman–Crippen MR) is 130 cm³/mol. The molecule has 0 aliphatic heterocycles. The average molecular weight is 444 g/mol. The number of amides is 1. The number of aromatic nitrogens is 2. The van der Waals surface area contributed by atoms with Crippen molar-refractivity contribution in [2.75, 3.05) is 20.3 Å². The van der Waals surface area contributed by atoms with E-state index in [1.165, 1.54) is 5.56 Å². The molecule has 4 rings (SSSR count). The molecule has 4 aromatic rings. The van der Waals surface area contributed by atoms with Crippen LogP contribution in [0.1, 0.15) is 27.3 Å². The number of fused-ring (bicyclic) bond motifs is 1. The van der Waals surface area contributed by atoms with E-state index in [1.807, 2.05) is 42.5 Å². The fraction of sp³-hybridized carbons (Fsp3) is 0.259. The lowest BCUT2D eigenvalue weighted by atomic mass is 10.1. The molecule has 6 nitrogen and oxygen atoms in total. The van der Waals surface area contributed by atoms with Gasteiger partial charge in [0.2, 0.25) is 0 Å². The Morgan fingerprint density at radius 3 is 2.70 bits per heavy atom. The van der Waals surface area contributed by atoms with Crippen molar-refractivity contribution in [2.45, 2.75) is 26.8 Å². The molecule has 1 heterocycles. The van der Waals surface area contributed by atoms with Crippen molar-refractivity contribution in [3.05, 3.63) is 89.2 Å². The molecule has 1 N–H and O–H groups in total. The van der Waals surface area contributed by atoms with Crippen molar-refractivity contribution in [3.63, 3.8) is 0 Å². The normalized spacial score (nSPS) is 10.9. The second-order valence-electron chi connectivity index (χ2n) is 7.95. The summed E-state index contributed by atoms with van der Waals surface area (Å²) in [5, 5.41) is 2.99. The number of benzene rings is 3. The van der Waals surface area contributed by atoms with Crippen molar-refractivity contribution in [1.82, 2.24) is 14.9 Å². The fourth-order valence-electron chi connectivity index (χ4n) is 3.85. The number of para-hydroxylation sites is 2. The van der Waals surface area contributed by atoms with Gasteiger partial charge in [0, 0.05) is 18.5 Å². The highest BCUT2D eigenvalue weighted by Crippen LogP contribution is 2.21. The van der Waals surface area contributed by atoms with Gasteiger partial charge in [-0.15, -0.1) is 0 Å². The Labute approximate surface area is 194 Å². The molecule has 0 spiro atoms. The second-order valence-corrected chi connectivity index (χ2v) is 7.95. The summed E-state index contributed by atoms with van der Waals surface area (Å²) < 4.78 is 13.5. The largest absolute Gasteiger partial charge is 0.497 e. The summed E-state index contributed by atoms with van der Waals surface area (Å²) in [6, 6.07) is 21.3. The van der Waals surface area contributed by atoms with Crippen molar-refractivity contribution in [1.29, 1.82) is 0 Å². The smallest absolute Gasteiger partial charge is 0.251 e. The number of rotatable bonds is 9. The van der Waals surface area contributed by atoms with Crippen LogP contribution in [-0.4, -0.2) is 35.7 Å². The molecule has 0 radical (unpaired) electrons. The minimum atomic E-state index is -0.130. The first-order valence-electron chi connectivity index (χ1n) is 11.1. The molecule has 6 heteroatoms. The highest BCUT2D eigenvalue weighted by atomic mass is 16.5. The first-order chi connectivity index (χ1) is 16.1. The zero-order valence-corrected chi connectivity index (χ0v) is 19.3. The number of hydrogen-bond acceptors (Lipinski definition) is 4. The Balaban J connectivity index is 1.43. The van der Waals surface area contributed by atoms with Gasteiger partial charge in [0.15, 0.2) is 0 Å². The SMILES string of the molecule is COc1cccc(C(=O)NCCc2nc3ccccc3n2CCOc2cccc(C)c2C)c1. The summed E-state index contributed by atoms with van der Waals surface area (Å²) in [7, 11) is 1.59. The Hall–Kier alpha value is -3.80. The molecular formula is C27H29N3O3. The van der Waals surface area contributed by atoms with E-state index in [9.17, 15) is 4.79 Å². The number of aryl methyl sites for hydroxylation is 1. The third kappa shape index (κ3) is 5.17. The van der Waals surface area contributed by atoms with Crippen molar-refractivity contribution in [2.24, 2.45) is 0 Å². The summed E-state index contributed by atoms with van der Waals surface area (Å²) in [5.41, 5.74) is 4.96. The maximum atomic E-state index is 12.5. The molecule has 170 valence electrons. The van der Waals surface area contributed by atoms with Gasteiger partial charge in [-0.05, 0) is 61.4 Å². The van der Waals surface area contributed by atoms with E-state index in [1.54, 1.807) is 19.2 Å². The highest BCUT2D eigenvalue weighted by Gasteiger charge is 2.12. The lowest BCUT2D eigenvalue weighted by molar-refractivity contribution is 0.0953. The number of imidazole rings is 1. The van der Waals surface area contributed by atoms with Crippen LogP contribution in [-0.2, 0) is 13.0 Å². The molecule has 33 heavy (non-hydrogen) atoms. The van der Waals surface area contributed by atoms with Crippen LogP contribution in [0.4, 0.5) is 0 Å². The van der Waals surface area contributed by atoms with Gasteiger partial charge in [0.25, 0.3) is 5.91 Å². The summed E-state index contributed by atoms with van der Waals surface area (Å²) >= 11 is 0. The molecule has 0 atom stereocenters. The summed E-state index contributed by atoms with van der Waals surface area (Å²) in [6.07, 6.45) is 0.619. The first-order valence-corrected chi connectivity index (χ1v) is 11.1. The topological polar surface area (TPSA) is 65.4 Å². The minimum Gasteiger partial charge on any atom is -0.497 e. The molecule has 0 fully saturated rings. The summed E-state index contributed by atoms with van der Waals surface area (Å²) in [4.78, 5) is 17.3. The third-order valence-electron chi connectivity index (χ3n) is 5.83. The second kappa shape index (κ2) is 10.2. The third-order valence-corrected chi connectivity index (χ3v) is 5.83. The first kappa shape index (κ1) is 22.4. The number of nitrogens with one attached hydrogen (secondary N) is 1. The van der Waals surface area contributed by atoms with Crippen molar-refractivity contribution < 1.29 is 14.3 Å². The summed E-state index contributed by atoms with van der Waals surface area (Å²) in [6.45, 7) is 5.86. The van der Waals surface area contributed by atoms with Gasteiger partial charge in [0.1, 0.15) is 23.9 Å². The van der Waals surface area contributed by atoms with Gasteiger partial charge >= 0.3 is 0 Å². The van der Waals surface area contributed by atoms with Crippen LogP contribution in [0.15, 0.2) is 66.7 Å². The standard InChI is InChI=1S/C27H29N3O3/c1-19-8-6-13-25(20(19)2)33-17-16-30-24-12-5-4-11-23(24)29-26(30)14-15-28-27(31)21-9-7-10-22(18-21)32-3/h4-13,18H,14-17H2,1-3H3,(H,28,31). The van der Waals surface area contributed by atoms with Gasteiger partial charge in [-0.1, -0.05) is 30.3 Å². The number of nitrogens with zero attached hydrogens (tertiary/aromatic N) is 2. The maximum absolute atomic E-state index is 12.5. The Morgan fingerprint density at radius 1 is 1.03 bits per heavy atom. The molecule has 0 saturated heterocycles.